The van der Waals surface area contributed by atoms with Gasteiger partial charge in [0.25, 0.3) is 0 Å². The summed E-state index contributed by atoms with van der Waals surface area (Å²) >= 11 is 0. The molecule has 0 aliphatic carbocycles. The van der Waals surface area contributed by atoms with E-state index in [0.29, 0.717) is 5.41 Å². The molecule has 0 aromatic rings. The van der Waals surface area contributed by atoms with E-state index in [2.05, 4.69) is 54.5 Å². The van der Waals surface area contributed by atoms with Gasteiger partial charge in [-0.3, -0.25) is 0 Å². The summed E-state index contributed by atoms with van der Waals surface area (Å²) in [5.74, 6) is 0. The van der Waals surface area contributed by atoms with Gasteiger partial charge in [0.1, 0.15) is 0 Å². The normalized spacial score (nSPS) is 15.4. The van der Waals surface area contributed by atoms with Crippen molar-refractivity contribution in [3.05, 3.63) is 23.4 Å². The van der Waals surface area contributed by atoms with Crippen LogP contribution >= 0.6 is 0 Å². The molecule has 0 aliphatic rings. The van der Waals surface area contributed by atoms with Gasteiger partial charge in [-0.1, -0.05) is 53.2 Å². The molecule has 1 nitrogen and oxygen atoms in total. The highest BCUT2D eigenvalue weighted by molar-refractivity contribution is 5.19. The second-order valence-electron chi connectivity index (χ2n) is 6.57. The summed E-state index contributed by atoms with van der Waals surface area (Å²) in [6.07, 6.45) is 6.32. The predicted molar refractivity (Wildman–Crippen MR) is 74.2 cm³/mol. The number of rotatable bonds is 4. The zero-order valence-corrected chi connectivity index (χ0v) is 12.1. The molecule has 0 radical (unpaired) electrons. The third-order valence-corrected chi connectivity index (χ3v) is 3.00. The van der Waals surface area contributed by atoms with Crippen LogP contribution in [0.2, 0.25) is 0 Å². The van der Waals surface area contributed by atoms with Crippen molar-refractivity contribution in [3.8, 4) is 0 Å². The molecule has 0 rings (SSSR count). The molecule has 16 heavy (non-hydrogen) atoms. The summed E-state index contributed by atoms with van der Waals surface area (Å²) in [5, 5.41) is 0. The highest BCUT2D eigenvalue weighted by Gasteiger charge is 2.26. The van der Waals surface area contributed by atoms with Crippen molar-refractivity contribution < 1.29 is 0 Å². The fraction of sp³-hybridized carbons (Fsp3) is 0.733. The fourth-order valence-electron chi connectivity index (χ4n) is 2.04. The summed E-state index contributed by atoms with van der Waals surface area (Å²) in [5.41, 5.74) is 8.76. The van der Waals surface area contributed by atoms with Gasteiger partial charge in [0.15, 0.2) is 0 Å². The van der Waals surface area contributed by atoms with Crippen molar-refractivity contribution in [1.29, 1.82) is 0 Å². The Balaban J connectivity index is 4.76. The van der Waals surface area contributed by atoms with Crippen LogP contribution < -0.4 is 5.73 Å². The van der Waals surface area contributed by atoms with E-state index in [1.54, 1.807) is 0 Å². The standard InChI is InChI=1S/C15H29N/c1-8-13(16)10-9-12(2)15(6,7)11-14(3,4)5/h9-10H,8,11,16H2,1-7H3/b12-9+,13-10+. The number of allylic oxidation sites excluding steroid dienone is 4. The van der Waals surface area contributed by atoms with E-state index in [1.165, 1.54) is 12.0 Å². The summed E-state index contributed by atoms with van der Waals surface area (Å²) in [6.45, 7) is 15.8. The molecule has 0 spiro atoms. The first kappa shape index (κ1) is 15.3. The Morgan fingerprint density at radius 1 is 1.06 bits per heavy atom. The van der Waals surface area contributed by atoms with Crippen molar-refractivity contribution in [2.45, 2.75) is 61.3 Å². The second-order valence-corrected chi connectivity index (χ2v) is 6.57. The van der Waals surface area contributed by atoms with Crippen LogP contribution in [0.1, 0.15) is 61.3 Å². The van der Waals surface area contributed by atoms with Crippen LogP contribution in [-0.2, 0) is 0 Å². The van der Waals surface area contributed by atoms with Gasteiger partial charge in [0.2, 0.25) is 0 Å². The Morgan fingerprint density at radius 2 is 1.56 bits per heavy atom. The first-order chi connectivity index (χ1) is 7.08. The first-order valence-electron chi connectivity index (χ1n) is 6.22. The van der Waals surface area contributed by atoms with Gasteiger partial charge in [0, 0.05) is 5.70 Å². The zero-order valence-electron chi connectivity index (χ0n) is 12.1. The average molecular weight is 223 g/mol. The predicted octanol–water partition coefficient (Wildman–Crippen LogP) is 4.65. The summed E-state index contributed by atoms with van der Waals surface area (Å²) < 4.78 is 0. The Morgan fingerprint density at radius 3 is 1.94 bits per heavy atom. The van der Waals surface area contributed by atoms with Gasteiger partial charge < -0.3 is 5.73 Å². The van der Waals surface area contributed by atoms with Crippen LogP contribution in [0.4, 0.5) is 0 Å². The van der Waals surface area contributed by atoms with Crippen molar-refractivity contribution in [3.63, 3.8) is 0 Å². The van der Waals surface area contributed by atoms with Gasteiger partial charge in [-0.25, -0.2) is 0 Å². The van der Waals surface area contributed by atoms with Gasteiger partial charge in [-0.05, 0) is 36.7 Å². The minimum Gasteiger partial charge on any atom is -0.402 e. The molecular weight excluding hydrogens is 194 g/mol. The Labute approximate surface area is 102 Å². The number of hydrogen-bond donors (Lipinski definition) is 1. The minimum absolute atomic E-state index is 0.239. The quantitative estimate of drug-likeness (QED) is 0.690. The summed E-state index contributed by atoms with van der Waals surface area (Å²) in [4.78, 5) is 0. The lowest BCUT2D eigenvalue weighted by Gasteiger charge is -2.33. The lowest BCUT2D eigenvalue weighted by molar-refractivity contribution is 0.249. The maximum absolute atomic E-state index is 5.81. The lowest BCUT2D eigenvalue weighted by Crippen LogP contribution is -2.21. The third kappa shape index (κ3) is 5.99. The molecule has 0 fully saturated rings. The zero-order chi connectivity index (χ0) is 13.0. The van der Waals surface area contributed by atoms with Gasteiger partial charge in [-0.15, -0.1) is 0 Å². The second kappa shape index (κ2) is 5.56. The van der Waals surface area contributed by atoms with Crippen molar-refractivity contribution >= 4 is 0 Å². The Hall–Kier alpha value is -0.720. The van der Waals surface area contributed by atoms with E-state index in [1.807, 2.05) is 6.08 Å². The van der Waals surface area contributed by atoms with Crippen molar-refractivity contribution in [2.75, 3.05) is 0 Å². The van der Waals surface area contributed by atoms with Crippen molar-refractivity contribution in [1.82, 2.24) is 0 Å². The maximum Gasteiger partial charge on any atom is 0.00776 e. The van der Waals surface area contributed by atoms with Crippen LogP contribution in [0.5, 0.6) is 0 Å². The maximum atomic E-state index is 5.81. The van der Waals surface area contributed by atoms with Gasteiger partial charge >= 0.3 is 0 Å². The van der Waals surface area contributed by atoms with Crippen LogP contribution in [-0.4, -0.2) is 0 Å². The molecule has 0 unspecified atom stereocenters. The molecule has 2 N–H and O–H groups in total. The lowest BCUT2D eigenvalue weighted by atomic mass is 9.72. The minimum atomic E-state index is 0.239. The highest BCUT2D eigenvalue weighted by Crippen LogP contribution is 2.38. The molecule has 0 amide bonds. The first-order valence-corrected chi connectivity index (χ1v) is 6.22. The topological polar surface area (TPSA) is 26.0 Å². The molecule has 0 aromatic carbocycles. The average Bonchev–Trinajstić information content (AvgIpc) is 2.09. The summed E-state index contributed by atoms with van der Waals surface area (Å²) in [7, 11) is 0. The fourth-order valence-corrected chi connectivity index (χ4v) is 2.04. The molecule has 0 aromatic heterocycles. The van der Waals surface area contributed by atoms with Gasteiger partial charge in [-0.2, -0.15) is 0 Å². The molecule has 0 atom stereocenters. The smallest absolute Gasteiger partial charge is 0.00776 e. The van der Waals surface area contributed by atoms with E-state index < -0.39 is 0 Å². The molecule has 94 valence electrons. The highest BCUT2D eigenvalue weighted by atomic mass is 14.6. The summed E-state index contributed by atoms with van der Waals surface area (Å²) in [6, 6.07) is 0. The number of nitrogens with two attached hydrogens (primary N) is 1. The Kier molecular flexibility index (Phi) is 5.31. The molecule has 0 saturated heterocycles. The van der Waals surface area contributed by atoms with E-state index in [4.69, 9.17) is 5.73 Å². The molecular formula is C15H29N. The van der Waals surface area contributed by atoms with E-state index in [-0.39, 0.29) is 5.41 Å². The third-order valence-electron chi connectivity index (χ3n) is 3.00. The molecule has 0 aliphatic heterocycles. The molecule has 0 saturated carbocycles. The van der Waals surface area contributed by atoms with Crippen LogP contribution in [0.3, 0.4) is 0 Å². The van der Waals surface area contributed by atoms with Gasteiger partial charge in [0.05, 0.1) is 0 Å². The largest absolute Gasteiger partial charge is 0.402 e. The Bertz CT molecular complexity index is 274. The van der Waals surface area contributed by atoms with Crippen LogP contribution in [0.25, 0.3) is 0 Å². The van der Waals surface area contributed by atoms with Crippen LogP contribution in [0.15, 0.2) is 23.4 Å². The van der Waals surface area contributed by atoms with E-state index in [0.717, 1.165) is 12.1 Å². The van der Waals surface area contributed by atoms with E-state index in [9.17, 15) is 0 Å². The monoisotopic (exact) mass is 223 g/mol. The molecule has 0 bridgehead atoms. The molecule has 0 heterocycles. The molecule has 1 heteroatoms. The van der Waals surface area contributed by atoms with Crippen LogP contribution in [0, 0.1) is 10.8 Å². The number of hydrogen-bond acceptors (Lipinski definition) is 1. The SMILES string of the molecule is CC/C(N)=C\C=C(/C)C(C)(C)CC(C)(C)C. The van der Waals surface area contributed by atoms with E-state index >= 15 is 0 Å². The van der Waals surface area contributed by atoms with Crippen molar-refractivity contribution in [2.24, 2.45) is 16.6 Å².